The molecule has 0 N–H and O–H groups in total. The number of pyridine rings is 1. The first-order chi connectivity index (χ1) is 12.3. The van der Waals surface area contributed by atoms with Gasteiger partial charge in [-0.05, 0) is 31.0 Å². The number of nitrogens with zero attached hydrogens (tertiary/aromatic N) is 6. The quantitative estimate of drug-likeness (QED) is 0.730. The molecule has 0 aliphatic carbocycles. The van der Waals surface area contributed by atoms with Crippen molar-refractivity contribution in [3.05, 3.63) is 61.1 Å². The number of likely N-dealkylation sites (tertiary alicyclic amines) is 1. The second-order valence-corrected chi connectivity index (χ2v) is 6.03. The first-order valence-corrected chi connectivity index (χ1v) is 8.32. The van der Waals surface area contributed by atoms with Crippen molar-refractivity contribution in [2.75, 3.05) is 6.54 Å². The molecule has 1 amide bonds. The maximum Gasteiger partial charge on any atom is 0.272 e. The molecule has 7 nitrogen and oxygen atoms in total. The Kier molecular flexibility index (Phi) is 4.20. The fraction of sp³-hybridized carbons (Fsp3) is 0.278. The predicted molar refractivity (Wildman–Crippen MR) is 91.5 cm³/mol. The van der Waals surface area contributed by atoms with E-state index in [-0.39, 0.29) is 11.9 Å². The third-order valence-corrected chi connectivity index (χ3v) is 4.39. The van der Waals surface area contributed by atoms with Gasteiger partial charge >= 0.3 is 0 Å². The second kappa shape index (κ2) is 6.80. The van der Waals surface area contributed by atoms with Gasteiger partial charge in [0.15, 0.2) is 5.82 Å². The van der Waals surface area contributed by atoms with E-state index in [1.54, 1.807) is 31.0 Å². The lowest BCUT2D eigenvalue weighted by atomic mass is 10.2. The fourth-order valence-electron chi connectivity index (χ4n) is 3.17. The molecule has 3 aromatic heterocycles. The molecule has 3 aromatic rings. The number of hydrogen-bond donors (Lipinski definition) is 0. The molecule has 0 spiro atoms. The van der Waals surface area contributed by atoms with Crippen molar-refractivity contribution in [2.45, 2.75) is 25.4 Å². The zero-order valence-corrected chi connectivity index (χ0v) is 13.7. The van der Waals surface area contributed by atoms with E-state index in [2.05, 4.69) is 19.9 Å². The van der Waals surface area contributed by atoms with Crippen molar-refractivity contribution < 1.29 is 4.79 Å². The van der Waals surface area contributed by atoms with E-state index in [1.165, 1.54) is 0 Å². The summed E-state index contributed by atoms with van der Waals surface area (Å²) in [5.74, 6) is 0.416. The zero-order valence-electron chi connectivity index (χ0n) is 13.7. The van der Waals surface area contributed by atoms with Gasteiger partial charge in [0.25, 0.3) is 5.91 Å². The van der Waals surface area contributed by atoms with E-state index in [1.807, 2.05) is 33.9 Å². The third kappa shape index (κ3) is 3.26. The molecule has 0 aromatic carbocycles. The molecule has 1 aliphatic heterocycles. The Morgan fingerprint density at radius 2 is 2.12 bits per heavy atom. The molecular weight excluding hydrogens is 316 g/mol. The zero-order chi connectivity index (χ0) is 17.1. The molecule has 126 valence electrons. The number of hydrogen-bond acceptors (Lipinski definition) is 5. The van der Waals surface area contributed by atoms with Gasteiger partial charge in [-0.15, -0.1) is 0 Å². The minimum atomic E-state index is -0.0535. The summed E-state index contributed by atoms with van der Waals surface area (Å²) in [7, 11) is 0. The Bertz CT molecular complexity index is 849. The molecule has 0 radical (unpaired) electrons. The summed E-state index contributed by atoms with van der Waals surface area (Å²) in [6.07, 6.45) is 10.8. The average molecular weight is 334 g/mol. The highest BCUT2D eigenvalue weighted by Gasteiger charge is 2.30. The molecule has 1 aliphatic rings. The number of carbonyl (C=O) groups excluding carboxylic acids is 1. The van der Waals surface area contributed by atoms with Crippen LogP contribution in [0.4, 0.5) is 0 Å². The van der Waals surface area contributed by atoms with Gasteiger partial charge in [-0.2, -0.15) is 0 Å². The topological polar surface area (TPSA) is 76.8 Å². The fourth-order valence-corrected chi connectivity index (χ4v) is 3.17. The van der Waals surface area contributed by atoms with Crippen LogP contribution in [-0.2, 0) is 6.54 Å². The minimum Gasteiger partial charge on any atom is -0.335 e. The van der Waals surface area contributed by atoms with Crippen molar-refractivity contribution in [2.24, 2.45) is 0 Å². The highest BCUT2D eigenvalue weighted by molar-refractivity contribution is 5.93. The van der Waals surface area contributed by atoms with Crippen LogP contribution in [0.3, 0.4) is 0 Å². The summed E-state index contributed by atoms with van der Waals surface area (Å²) in [4.78, 5) is 31.9. The molecule has 7 heteroatoms. The maximum absolute atomic E-state index is 13.0. The summed E-state index contributed by atoms with van der Waals surface area (Å²) in [5.41, 5.74) is 1.07. The van der Waals surface area contributed by atoms with E-state index in [9.17, 15) is 4.79 Å². The van der Waals surface area contributed by atoms with Gasteiger partial charge in [0.05, 0.1) is 12.4 Å². The summed E-state index contributed by atoms with van der Waals surface area (Å²) in [6.45, 7) is 1.51. The van der Waals surface area contributed by atoms with Crippen LogP contribution in [0.5, 0.6) is 0 Å². The van der Waals surface area contributed by atoms with Crippen molar-refractivity contribution in [3.8, 4) is 11.5 Å². The second-order valence-electron chi connectivity index (χ2n) is 6.03. The third-order valence-electron chi connectivity index (χ3n) is 4.39. The highest BCUT2D eigenvalue weighted by atomic mass is 16.2. The Balaban J connectivity index is 1.56. The van der Waals surface area contributed by atoms with E-state index in [4.69, 9.17) is 0 Å². The first kappa shape index (κ1) is 15.4. The summed E-state index contributed by atoms with van der Waals surface area (Å²) >= 11 is 0. The first-order valence-electron chi connectivity index (χ1n) is 8.32. The van der Waals surface area contributed by atoms with Crippen molar-refractivity contribution in [1.82, 2.24) is 29.4 Å². The van der Waals surface area contributed by atoms with Crippen LogP contribution in [-0.4, -0.2) is 47.9 Å². The van der Waals surface area contributed by atoms with Gasteiger partial charge in [-0.1, -0.05) is 6.07 Å². The number of amides is 1. The van der Waals surface area contributed by atoms with E-state index >= 15 is 0 Å². The van der Waals surface area contributed by atoms with Crippen LogP contribution >= 0.6 is 0 Å². The Morgan fingerprint density at radius 1 is 1.16 bits per heavy atom. The van der Waals surface area contributed by atoms with Crippen LogP contribution < -0.4 is 0 Å². The smallest absolute Gasteiger partial charge is 0.272 e. The lowest BCUT2D eigenvalue weighted by Gasteiger charge is -2.24. The molecule has 0 bridgehead atoms. The standard InChI is InChI=1S/C18H18N6O/c25-18(24-10-3-4-14(24)12-23-11-9-19-13-23)16-6-8-21-17(22-16)15-5-1-2-7-20-15/h1-2,5-9,11,13-14H,3-4,10,12H2/t14-/m1/s1. The van der Waals surface area contributed by atoms with Gasteiger partial charge in [0, 0.05) is 37.9 Å². The van der Waals surface area contributed by atoms with E-state index in [0.29, 0.717) is 17.2 Å². The van der Waals surface area contributed by atoms with Crippen LogP contribution in [0.15, 0.2) is 55.4 Å². The highest BCUT2D eigenvalue weighted by Crippen LogP contribution is 2.21. The number of imidazole rings is 1. The summed E-state index contributed by atoms with van der Waals surface area (Å²) in [5, 5.41) is 0. The summed E-state index contributed by atoms with van der Waals surface area (Å²) < 4.78 is 2.01. The van der Waals surface area contributed by atoms with E-state index < -0.39 is 0 Å². The van der Waals surface area contributed by atoms with Gasteiger partial charge in [0.1, 0.15) is 11.4 Å². The maximum atomic E-state index is 13.0. The molecule has 1 saturated heterocycles. The van der Waals surface area contributed by atoms with Crippen LogP contribution in [0, 0.1) is 0 Å². The predicted octanol–water partition coefficient (Wildman–Crippen LogP) is 2.04. The molecule has 4 rings (SSSR count). The van der Waals surface area contributed by atoms with Crippen LogP contribution in [0.25, 0.3) is 11.5 Å². The molecule has 4 heterocycles. The van der Waals surface area contributed by atoms with Crippen molar-refractivity contribution in [3.63, 3.8) is 0 Å². The van der Waals surface area contributed by atoms with Crippen molar-refractivity contribution in [1.29, 1.82) is 0 Å². The molecular formula is C18H18N6O. The lowest BCUT2D eigenvalue weighted by molar-refractivity contribution is 0.0718. The number of aromatic nitrogens is 5. The Labute approximate surface area is 145 Å². The molecule has 0 saturated carbocycles. The minimum absolute atomic E-state index is 0.0535. The summed E-state index contributed by atoms with van der Waals surface area (Å²) in [6, 6.07) is 7.38. The van der Waals surface area contributed by atoms with Gasteiger partial charge in [0.2, 0.25) is 0 Å². The Hall–Kier alpha value is -3.09. The van der Waals surface area contributed by atoms with Gasteiger partial charge < -0.3 is 9.47 Å². The largest absolute Gasteiger partial charge is 0.335 e. The van der Waals surface area contributed by atoms with Crippen molar-refractivity contribution >= 4 is 5.91 Å². The molecule has 1 fully saturated rings. The van der Waals surface area contributed by atoms with Gasteiger partial charge in [-0.25, -0.2) is 15.0 Å². The Morgan fingerprint density at radius 3 is 2.92 bits per heavy atom. The monoisotopic (exact) mass is 334 g/mol. The lowest BCUT2D eigenvalue weighted by Crippen LogP contribution is -2.38. The van der Waals surface area contributed by atoms with Crippen LogP contribution in [0.1, 0.15) is 23.3 Å². The average Bonchev–Trinajstić information content (AvgIpc) is 3.34. The number of rotatable bonds is 4. The van der Waals surface area contributed by atoms with Crippen LogP contribution in [0.2, 0.25) is 0 Å². The number of carbonyl (C=O) groups is 1. The van der Waals surface area contributed by atoms with E-state index in [0.717, 1.165) is 25.9 Å². The SMILES string of the molecule is O=C(c1ccnc(-c2ccccn2)n1)N1CCC[C@@H]1Cn1ccnc1. The molecule has 1 atom stereocenters. The molecule has 0 unspecified atom stereocenters. The van der Waals surface area contributed by atoms with Gasteiger partial charge in [-0.3, -0.25) is 9.78 Å². The molecule has 25 heavy (non-hydrogen) atoms. The normalized spacial score (nSPS) is 17.0.